The molecule has 2 fully saturated rings. The number of likely N-dealkylation sites (tertiary alicyclic amines) is 2. The van der Waals surface area contributed by atoms with Crippen molar-refractivity contribution in [2.75, 3.05) is 32.7 Å². The highest BCUT2D eigenvalue weighted by atomic mass is 19.4. The van der Waals surface area contributed by atoms with Crippen molar-refractivity contribution in [3.05, 3.63) is 78.4 Å². The van der Waals surface area contributed by atoms with Crippen molar-refractivity contribution >= 4 is 17.0 Å². The summed E-state index contributed by atoms with van der Waals surface area (Å²) in [5.74, 6) is -0.916. The number of rotatable bonds is 7. The molecule has 0 spiro atoms. The maximum absolute atomic E-state index is 10.6. The average Bonchev–Trinajstić information content (AvgIpc) is 3.46. The number of aromatic amines is 1. The first-order valence-electron chi connectivity index (χ1n) is 15.1. The quantitative estimate of drug-likeness (QED) is 0.231. The lowest BCUT2D eigenvalue weighted by atomic mass is 9.92. The zero-order valence-corrected chi connectivity index (χ0v) is 24.3. The summed E-state index contributed by atoms with van der Waals surface area (Å²) < 4.78 is 31.7. The summed E-state index contributed by atoms with van der Waals surface area (Å²) >= 11 is 0. The Morgan fingerprint density at radius 1 is 0.837 bits per heavy atom. The van der Waals surface area contributed by atoms with E-state index in [1.54, 1.807) is 0 Å². The Hall–Kier alpha value is -3.69. The van der Waals surface area contributed by atoms with E-state index in [1.165, 1.54) is 87.9 Å². The van der Waals surface area contributed by atoms with Crippen LogP contribution in [0.4, 0.5) is 13.2 Å². The van der Waals surface area contributed by atoms with Crippen LogP contribution in [0.5, 0.6) is 0 Å². The Morgan fingerprint density at radius 2 is 1.49 bits per heavy atom. The fourth-order valence-electron chi connectivity index (χ4n) is 6.02. The number of para-hydroxylation sites is 2. The number of halogens is 3. The van der Waals surface area contributed by atoms with Crippen LogP contribution in [0.25, 0.3) is 33.5 Å². The molecule has 1 aromatic heterocycles. The number of fused-ring (bicyclic) bond motifs is 1. The number of aliphatic carboxylic acids is 1. The van der Waals surface area contributed by atoms with Crippen LogP contribution >= 0.6 is 0 Å². The number of alkyl halides is 3. The molecule has 2 N–H and O–H groups in total. The third kappa shape index (κ3) is 8.67. The molecule has 228 valence electrons. The molecule has 4 aromatic rings. The number of benzene rings is 3. The van der Waals surface area contributed by atoms with Gasteiger partial charge in [-0.15, -0.1) is 0 Å². The summed E-state index contributed by atoms with van der Waals surface area (Å²) in [4.78, 5) is 22.5. The molecule has 0 amide bonds. The van der Waals surface area contributed by atoms with E-state index >= 15 is 0 Å². The van der Waals surface area contributed by atoms with Gasteiger partial charge in [0.1, 0.15) is 5.82 Å². The Kier molecular flexibility index (Phi) is 10.1. The SMILES string of the molecule is O=C(O)C(F)(F)F.c1cc(CN2CCC(CCN3CCCCC3)CC2)cc(-c2cccc(-c3nc4ccccc4[nH]3)c2)c1. The van der Waals surface area contributed by atoms with Gasteiger partial charge in [0.25, 0.3) is 0 Å². The molecule has 6 nitrogen and oxygen atoms in total. The molecule has 6 rings (SSSR count). The van der Waals surface area contributed by atoms with Crippen molar-refractivity contribution in [1.29, 1.82) is 0 Å². The van der Waals surface area contributed by atoms with Crippen LogP contribution in [0.1, 0.15) is 44.1 Å². The molecule has 2 aliphatic rings. The molecular weight excluding hydrogens is 553 g/mol. The number of H-pyrrole nitrogens is 1. The number of nitrogens with zero attached hydrogens (tertiary/aromatic N) is 3. The van der Waals surface area contributed by atoms with Gasteiger partial charge in [-0.3, -0.25) is 4.90 Å². The predicted molar refractivity (Wildman–Crippen MR) is 164 cm³/mol. The van der Waals surface area contributed by atoms with Gasteiger partial charge in [0.15, 0.2) is 0 Å². The van der Waals surface area contributed by atoms with E-state index in [0.717, 1.165) is 34.9 Å². The number of imidazole rings is 1. The van der Waals surface area contributed by atoms with Crippen LogP contribution in [-0.4, -0.2) is 69.7 Å². The van der Waals surface area contributed by atoms with Crippen LogP contribution < -0.4 is 0 Å². The molecule has 0 aliphatic carbocycles. The summed E-state index contributed by atoms with van der Waals surface area (Å²) in [6, 6.07) is 26.1. The highest BCUT2D eigenvalue weighted by Crippen LogP contribution is 2.28. The highest BCUT2D eigenvalue weighted by molar-refractivity contribution is 5.80. The minimum Gasteiger partial charge on any atom is -0.475 e. The van der Waals surface area contributed by atoms with Gasteiger partial charge >= 0.3 is 12.1 Å². The second-order valence-electron chi connectivity index (χ2n) is 11.6. The maximum atomic E-state index is 10.6. The molecule has 2 aliphatic heterocycles. The minimum atomic E-state index is -5.08. The van der Waals surface area contributed by atoms with Crippen molar-refractivity contribution in [1.82, 2.24) is 19.8 Å². The van der Waals surface area contributed by atoms with Crippen LogP contribution in [0, 0.1) is 5.92 Å². The maximum Gasteiger partial charge on any atom is 0.490 e. The number of nitrogens with one attached hydrogen (secondary N) is 1. The zero-order chi connectivity index (χ0) is 30.2. The molecular formula is C34H39F3N4O2. The molecule has 0 radical (unpaired) electrons. The zero-order valence-electron chi connectivity index (χ0n) is 24.3. The number of carbonyl (C=O) groups is 1. The van der Waals surface area contributed by atoms with Gasteiger partial charge < -0.3 is 15.0 Å². The average molecular weight is 593 g/mol. The third-order valence-corrected chi connectivity index (χ3v) is 8.44. The second kappa shape index (κ2) is 14.2. The van der Waals surface area contributed by atoms with Crippen molar-refractivity contribution < 1.29 is 23.1 Å². The fourth-order valence-corrected chi connectivity index (χ4v) is 6.02. The van der Waals surface area contributed by atoms with Crippen LogP contribution in [0.15, 0.2) is 72.8 Å². The van der Waals surface area contributed by atoms with Gasteiger partial charge in [-0.25, -0.2) is 9.78 Å². The molecule has 0 atom stereocenters. The minimum absolute atomic E-state index is 0.912. The predicted octanol–water partition coefficient (Wildman–Crippen LogP) is 7.62. The first kappa shape index (κ1) is 30.8. The van der Waals surface area contributed by atoms with E-state index in [4.69, 9.17) is 14.9 Å². The topological polar surface area (TPSA) is 72.5 Å². The summed E-state index contributed by atoms with van der Waals surface area (Å²) in [7, 11) is 0. The monoisotopic (exact) mass is 592 g/mol. The van der Waals surface area contributed by atoms with Crippen molar-refractivity contribution in [3.63, 3.8) is 0 Å². The van der Waals surface area contributed by atoms with Crippen LogP contribution in [0.2, 0.25) is 0 Å². The largest absolute Gasteiger partial charge is 0.490 e. The highest BCUT2D eigenvalue weighted by Gasteiger charge is 2.38. The van der Waals surface area contributed by atoms with Crippen molar-refractivity contribution in [2.45, 2.75) is 51.2 Å². The van der Waals surface area contributed by atoms with E-state index < -0.39 is 12.1 Å². The fraction of sp³-hybridized carbons (Fsp3) is 0.412. The van der Waals surface area contributed by atoms with Crippen LogP contribution in [0.3, 0.4) is 0 Å². The molecule has 3 heterocycles. The normalized spacial score (nSPS) is 17.0. The third-order valence-electron chi connectivity index (χ3n) is 8.44. The first-order chi connectivity index (χ1) is 20.7. The van der Waals surface area contributed by atoms with Crippen molar-refractivity contribution in [2.24, 2.45) is 5.92 Å². The first-order valence-corrected chi connectivity index (χ1v) is 15.1. The molecule has 0 bridgehead atoms. The lowest BCUT2D eigenvalue weighted by Crippen LogP contribution is -2.36. The Bertz CT molecular complexity index is 1460. The van der Waals surface area contributed by atoms with Gasteiger partial charge in [0.05, 0.1) is 11.0 Å². The van der Waals surface area contributed by atoms with E-state index in [0.29, 0.717) is 0 Å². The van der Waals surface area contributed by atoms with Crippen molar-refractivity contribution in [3.8, 4) is 22.5 Å². The van der Waals surface area contributed by atoms with Gasteiger partial charge in [-0.05, 0) is 112 Å². The van der Waals surface area contributed by atoms with Gasteiger partial charge in [0, 0.05) is 12.1 Å². The summed E-state index contributed by atoms with van der Waals surface area (Å²) in [5.41, 5.74) is 7.15. The number of piperidine rings is 2. The lowest BCUT2D eigenvalue weighted by Gasteiger charge is -2.34. The summed E-state index contributed by atoms with van der Waals surface area (Å²) in [6.07, 6.45) is 3.26. The van der Waals surface area contributed by atoms with Gasteiger partial charge in [0.2, 0.25) is 0 Å². The smallest absolute Gasteiger partial charge is 0.475 e. The van der Waals surface area contributed by atoms with E-state index in [-0.39, 0.29) is 0 Å². The number of aromatic nitrogens is 2. The molecule has 0 saturated carbocycles. The molecule has 9 heteroatoms. The number of hydrogen-bond acceptors (Lipinski definition) is 4. The van der Waals surface area contributed by atoms with Gasteiger partial charge in [-0.2, -0.15) is 13.2 Å². The summed E-state index contributed by atoms with van der Waals surface area (Å²) in [6.45, 7) is 7.50. The number of carboxylic acid groups (broad SMARTS) is 1. The second-order valence-corrected chi connectivity index (χ2v) is 11.6. The number of carboxylic acids is 1. The molecule has 2 saturated heterocycles. The van der Waals surface area contributed by atoms with E-state index in [2.05, 4.69) is 75.4 Å². The van der Waals surface area contributed by atoms with Gasteiger partial charge in [-0.1, -0.05) is 55.0 Å². The Labute approximate surface area is 250 Å². The van der Waals surface area contributed by atoms with E-state index in [9.17, 15) is 13.2 Å². The summed E-state index contributed by atoms with van der Waals surface area (Å²) in [5, 5.41) is 7.12. The molecule has 43 heavy (non-hydrogen) atoms. The number of hydrogen-bond donors (Lipinski definition) is 2. The standard InChI is InChI=1S/C32H38N4.C2HF3O2/c1-4-17-35(18-5-1)19-14-25-15-20-36(21-16-25)24-26-8-6-9-27(22-26)28-10-7-11-29(23-28)32-33-30-12-2-3-13-31(30)34-32;3-2(4,5)1(6)7/h2-3,6-13,22-23,25H,1,4-5,14-21,24H2,(H,33,34);(H,6,7). The Morgan fingerprint density at radius 3 is 2.19 bits per heavy atom. The van der Waals surface area contributed by atoms with E-state index in [1.807, 2.05) is 12.1 Å². The molecule has 0 unspecified atom stereocenters. The lowest BCUT2D eigenvalue weighted by molar-refractivity contribution is -0.192. The Balaban J connectivity index is 0.000000472. The van der Waals surface area contributed by atoms with Crippen LogP contribution in [-0.2, 0) is 11.3 Å². The molecule has 3 aromatic carbocycles.